The van der Waals surface area contributed by atoms with Crippen molar-refractivity contribution in [3.8, 4) is 0 Å². The smallest absolute Gasteiger partial charge is 0.407 e. The van der Waals surface area contributed by atoms with Gasteiger partial charge >= 0.3 is 6.09 Å². The lowest BCUT2D eigenvalue weighted by molar-refractivity contribution is 0.177. The van der Waals surface area contributed by atoms with Crippen LogP contribution in [0.15, 0.2) is 18.2 Å². The number of hydrogen-bond acceptors (Lipinski definition) is 3. The van der Waals surface area contributed by atoms with E-state index in [2.05, 4.69) is 5.32 Å². The van der Waals surface area contributed by atoms with Crippen LogP contribution in [0, 0.1) is 5.82 Å². The number of ether oxygens (including phenoxy) is 1. The summed E-state index contributed by atoms with van der Waals surface area (Å²) in [7, 11) is 3.55. The molecule has 86 valence electrons. The van der Waals surface area contributed by atoms with Crippen LogP contribution in [-0.4, -0.2) is 26.8 Å². The predicted molar refractivity (Wildman–Crippen MR) is 58.0 cm³/mol. The maximum Gasteiger partial charge on any atom is 0.407 e. The molecule has 0 aromatic heterocycles. The first kappa shape index (κ1) is 10.7. The van der Waals surface area contributed by atoms with Crippen LogP contribution in [0.5, 0.6) is 0 Å². The number of cyclic esters (lactones) is 1. The summed E-state index contributed by atoms with van der Waals surface area (Å²) in [6, 6.07) is 4.65. The third-order valence-electron chi connectivity index (χ3n) is 2.53. The molecule has 1 aromatic rings. The second kappa shape index (κ2) is 4.00. The highest BCUT2D eigenvalue weighted by molar-refractivity contribution is 5.70. The van der Waals surface area contributed by atoms with E-state index in [1.165, 1.54) is 6.07 Å². The minimum absolute atomic E-state index is 0.250. The van der Waals surface area contributed by atoms with Crippen molar-refractivity contribution in [3.63, 3.8) is 0 Å². The van der Waals surface area contributed by atoms with Crippen LogP contribution in [0.3, 0.4) is 0 Å². The fourth-order valence-electron chi connectivity index (χ4n) is 1.67. The van der Waals surface area contributed by atoms with Crippen molar-refractivity contribution in [2.24, 2.45) is 0 Å². The van der Waals surface area contributed by atoms with Crippen molar-refractivity contribution in [3.05, 3.63) is 29.6 Å². The molecule has 1 aliphatic rings. The minimum Gasteiger partial charge on any atom is -0.447 e. The maximum absolute atomic E-state index is 13.7. The Kier molecular flexibility index (Phi) is 2.68. The van der Waals surface area contributed by atoms with Crippen LogP contribution in [0.1, 0.15) is 11.6 Å². The summed E-state index contributed by atoms with van der Waals surface area (Å²) in [5, 5.41) is 2.60. The standard InChI is InChI=1S/C11H13FN2O2/c1-14(2)10-4-3-7(5-8(10)12)9-6-16-11(15)13-9/h3-5,9H,6H2,1-2H3,(H,13,15). The van der Waals surface area contributed by atoms with Gasteiger partial charge in [0.15, 0.2) is 0 Å². The van der Waals surface area contributed by atoms with Gasteiger partial charge in [0.05, 0.1) is 11.7 Å². The van der Waals surface area contributed by atoms with Crippen molar-refractivity contribution in [2.75, 3.05) is 25.6 Å². The molecule has 1 atom stereocenters. The van der Waals surface area contributed by atoms with Crippen LogP contribution >= 0.6 is 0 Å². The quantitative estimate of drug-likeness (QED) is 0.830. The second-order valence-electron chi connectivity index (χ2n) is 3.90. The van der Waals surface area contributed by atoms with E-state index in [1.54, 1.807) is 31.1 Å². The van der Waals surface area contributed by atoms with E-state index < -0.39 is 6.09 Å². The molecule has 1 aliphatic heterocycles. The van der Waals surface area contributed by atoms with Gasteiger partial charge in [-0.15, -0.1) is 0 Å². The number of alkyl carbamates (subject to hydrolysis) is 1. The number of halogens is 1. The zero-order valence-corrected chi connectivity index (χ0v) is 9.16. The molecule has 1 saturated heterocycles. The van der Waals surface area contributed by atoms with E-state index >= 15 is 0 Å². The van der Waals surface area contributed by atoms with Crippen LogP contribution in [0.4, 0.5) is 14.9 Å². The average Bonchev–Trinajstić information content (AvgIpc) is 2.64. The van der Waals surface area contributed by atoms with E-state index in [0.29, 0.717) is 11.3 Å². The van der Waals surface area contributed by atoms with Crippen molar-refractivity contribution < 1.29 is 13.9 Å². The molecule has 1 amide bonds. The summed E-state index contributed by atoms with van der Waals surface area (Å²) >= 11 is 0. The van der Waals surface area contributed by atoms with Crippen LogP contribution in [0.2, 0.25) is 0 Å². The molecule has 1 N–H and O–H groups in total. The van der Waals surface area contributed by atoms with E-state index in [-0.39, 0.29) is 18.5 Å². The van der Waals surface area contributed by atoms with E-state index in [1.807, 2.05) is 0 Å². The van der Waals surface area contributed by atoms with Crippen LogP contribution in [-0.2, 0) is 4.74 Å². The number of amides is 1. The van der Waals surface area contributed by atoms with Gasteiger partial charge in [0, 0.05) is 14.1 Å². The number of benzene rings is 1. The molecule has 4 nitrogen and oxygen atoms in total. The largest absolute Gasteiger partial charge is 0.447 e. The summed E-state index contributed by atoms with van der Waals surface area (Å²) in [6.07, 6.45) is -0.456. The Labute approximate surface area is 93.0 Å². The van der Waals surface area contributed by atoms with Gasteiger partial charge in [-0.2, -0.15) is 0 Å². The van der Waals surface area contributed by atoms with Gasteiger partial charge < -0.3 is 15.0 Å². The Morgan fingerprint density at radius 3 is 2.75 bits per heavy atom. The normalized spacial score (nSPS) is 19.2. The molecular formula is C11H13FN2O2. The molecule has 2 rings (SSSR count). The van der Waals surface area contributed by atoms with Gasteiger partial charge in [-0.3, -0.25) is 0 Å². The number of hydrogen-bond donors (Lipinski definition) is 1. The van der Waals surface area contributed by atoms with Gasteiger partial charge in [0.2, 0.25) is 0 Å². The monoisotopic (exact) mass is 224 g/mol. The number of nitrogens with one attached hydrogen (secondary N) is 1. The molecule has 0 radical (unpaired) electrons. The minimum atomic E-state index is -0.456. The first-order chi connectivity index (χ1) is 7.58. The summed E-state index contributed by atoms with van der Waals surface area (Å²) in [5.41, 5.74) is 1.24. The average molecular weight is 224 g/mol. The number of anilines is 1. The molecule has 0 aliphatic carbocycles. The van der Waals surface area contributed by atoms with Crippen molar-refractivity contribution in [2.45, 2.75) is 6.04 Å². The summed E-state index contributed by atoms with van der Waals surface area (Å²) in [5.74, 6) is -0.302. The van der Waals surface area contributed by atoms with E-state index in [4.69, 9.17) is 4.74 Å². The van der Waals surface area contributed by atoms with Crippen LogP contribution < -0.4 is 10.2 Å². The highest BCUT2D eigenvalue weighted by atomic mass is 19.1. The predicted octanol–water partition coefficient (Wildman–Crippen LogP) is 1.67. The molecular weight excluding hydrogens is 211 g/mol. The van der Waals surface area contributed by atoms with Gasteiger partial charge in [-0.05, 0) is 17.7 Å². The number of rotatable bonds is 2. The zero-order chi connectivity index (χ0) is 11.7. The summed E-state index contributed by atoms with van der Waals surface area (Å²) in [6.45, 7) is 0.250. The highest BCUT2D eigenvalue weighted by Gasteiger charge is 2.24. The Morgan fingerprint density at radius 1 is 1.50 bits per heavy atom. The molecule has 5 heteroatoms. The molecule has 16 heavy (non-hydrogen) atoms. The Bertz CT molecular complexity index is 420. The topological polar surface area (TPSA) is 41.6 Å². The van der Waals surface area contributed by atoms with Crippen LogP contribution in [0.25, 0.3) is 0 Å². The summed E-state index contributed by atoms with van der Waals surface area (Å²) < 4.78 is 18.4. The molecule has 0 spiro atoms. The molecule has 1 aromatic carbocycles. The molecule has 1 unspecified atom stereocenters. The van der Waals surface area contributed by atoms with Gasteiger partial charge in [-0.25, -0.2) is 9.18 Å². The van der Waals surface area contributed by atoms with Crippen molar-refractivity contribution in [1.82, 2.24) is 5.32 Å². The first-order valence-corrected chi connectivity index (χ1v) is 4.98. The van der Waals surface area contributed by atoms with Crippen molar-refractivity contribution in [1.29, 1.82) is 0 Å². The van der Waals surface area contributed by atoms with Gasteiger partial charge in [-0.1, -0.05) is 6.07 Å². The zero-order valence-electron chi connectivity index (χ0n) is 9.16. The molecule has 1 fully saturated rings. The molecule has 0 saturated carbocycles. The Hall–Kier alpha value is -1.78. The third-order valence-corrected chi connectivity index (χ3v) is 2.53. The molecule has 0 bridgehead atoms. The Morgan fingerprint density at radius 2 is 2.25 bits per heavy atom. The maximum atomic E-state index is 13.7. The SMILES string of the molecule is CN(C)c1ccc(C2COC(=O)N2)cc1F. The first-order valence-electron chi connectivity index (χ1n) is 4.98. The van der Waals surface area contributed by atoms with Crippen molar-refractivity contribution >= 4 is 11.8 Å². The summed E-state index contributed by atoms with van der Waals surface area (Å²) in [4.78, 5) is 12.5. The van der Waals surface area contributed by atoms with E-state index in [0.717, 1.165) is 0 Å². The number of carbonyl (C=O) groups excluding carboxylic acids is 1. The molecule has 1 heterocycles. The fraction of sp³-hybridized carbons (Fsp3) is 0.364. The highest BCUT2D eigenvalue weighted by Crippen LogP contribution is 2.24. The van der Waals surface area contributed by atoms with Gasteiger partial charge in [0.1, 0.15) is 12.4 Å². The number of carbonyl (C=O) groups is 1. The van der Waals surface area contributed by atoms with E-state index in [9.17, 15) is 9.18 Å². The van der Waals surface area contributed by atoms with Gasteiger partial charge in [0.25, 0.3) is 0 Å². The second-order valence-corrected chi connectivity index (χ2v) is 3.90. The Balaban J connectivity index is 2.24. The lowest BCUT2D eigenvalue weighted by Gasteiger charge is -2.15. The lowest BCUT2D eigenvalue weighted by atomic mass is 10.1. The lowest BCUT2D eigenvalue weighted by Crippen LogP contribution is -2.19. The number of nitrogens with zero attached hydrogens (tertiary/aromatic N) is 1. The third kappa shape index (κ3) is 1.93. The fourth-order valence-corrected chi connectivity index (χ4v) is 1.67.